The zero-order chi connectivity index (χ0) is 20.3. The standard InChI is InChI=1S/C22H26N4O3/c1-29-15-21(27)25-11-9-22(28,10-12-25)16-26-20-8-7-19(13-17(20)14-23-26)24-18-5-3-2-4-6-18/h2-8,13-14,24,28H,9-12,15-16H2,1H3. The first-order chi connectivity index (χ1) is 14.1. The summed E-state index contributed by atoms with van der Waals surface area (Å²) >= 11 is 0. The van der Waals surface area contributed by atoms with Crippen molar-refractivity contribution in [3.05, 3.63) is 54.7 Å². The van der Waals surface area contributed by atoms with Crippen molar-refractivity contribution in [3.8, 4) is 0 Å². The number of methoxy groups -OCH3 is 1. The lowest BCUT2D eigenvalue weighted by atomic mass is 9.91. The van der Waals surface area contributed by atoms with Crippen LogP contribution in [0.15, 0.2) is 54.7 Å². The van der Waals surface area contributed by atoms with Crippen molar-refractivity contribution in [1.29, 1.82) is 0 Å². The molecule has 0 bridgehead atoms. The molecule has 152 valence electrons. The minimum absolute atomic E-state index is 0.0301. The van der Waals surface area contributed by atoms with Crippen LogP contribution in [0.25, 0.3) is 10.9 Å². The highest BCUT2D eigenvalue weighted by atomic mass is 16.5. The van der Waals surface area contributed by atoms with E-state index in [4.69, 9.17) is 4.74 Å². The molecule has 1 aliphatic heterocycles. The Labute approximate surface area is 169 Å². The Hall–Kier alpha value is -2.90. The molecule has 0 saturated carbocycles. The molecule has 0 aliphatic carbocycles. The maximum absolute atomic E-state index is 12.0. The van der Waals surface area contributed by atoms with Crippen LogP contribution in [0.3, 0.4) is 0 Å². The van der Waals surface area contributed by atoms with Gasteiger partial charge in [-0.15, -0.1) is 0 Å². The predicted octanol–water partition coefficient (Wildman–Crippen LogP) is 2.78. The van der Waals surface area contributed by atoms with Gasteiger partial charge < -0.3 is 20.1 Å². The number of rotatable bonds is 6. The summed E-state index contributed by atoms with van der Waals surface area (Å²) in [5.41, 5.74) is 2.13. The monoisotopic (exact) mass is 394 g/mol. The molecule has 2 heterocycles. The molecule has 1 saturated heterocycles. The summed E-state index contributed by atoms with van der Waals surface area (Å²) in [5.74, 6) is -0.0301. The summed E-state index contributed by atoms with van der Waals surface area (Å²) in [6, 6.07) is 16.1. The summed E-state index contributed by atoms with van der Waals surface area (Å²) < 4.78 is 6.77. The summed E-state index contributed by atoms with van der Waals surface area (Å²) in [4.78, 5) is 13.7. The summed E-state index contributed by atoms with van der Waals surface area (Å²) in [6.07, 6.45) is 2.88. The lowest BCUT2D eigenvalue weighted by molar-refractivity contribution is -0.139. The van der Waals surface area contributed by atoms with Crippen molar-refractivity contribution < 1.29 is 14.6 Å². The minimum Gasteiger partial charge on any atom is -0.388 e. The Balaban J connectivity index is 1.44. The van der Waals surface area contributed by atoms with Crippen LogP contribution in [0.1, 0.15) is 12.8 Å². The van der Waals surface area contributed by atoms with Crippen molar-refractivity contribution >= 4 is 28.2 Å². The van der Waals surface area contributed by atoms with Gasteiger partial charge in [-0.25, -0.2) is 0 Å². The normalized spacial score (nSPS) is 16.1. The van der Waals surface area contributed by atoms with Gasteiger partial charge in [0.15, 0.2) is 0 Å². The van der Waals surface area contributed by atoms with Crippen LogP contribution in [0.2, 0.25) is 0 Å². The average Bonchev–Trinajstić information content (AvgIpc) is 3.11. The molecule has 1 fully saturated rings. The molecule has 1 amide bonds. The highest BCUT2D eigenvalue weighted by Crippen LogP contribution is 2.27. The van der Waals surface area contributed by atoms with E-state index in [1.807, 2.05) is 53.3 Å². The fourth-order valence-electron chi connectivity index (χ4n) is 3.80. The number of nitrogens with zero attached hydrogens (tertiary/aromatic N) is 3. The predicted molar refractivity (Wildman–Crippen MR) is 112 cm³/mol. The van der Waals surface area contributed by atoms with Gasteiger partial charge >= 0.3 is 0 Å². The number of benzene rings is 2. The third-order valence-electron chi connectivity index (χ3n) is 5.46. The van der Waals surface area contributed by atoms with Gasteiger partial charge in [0.05, 0.1) is 23.9 Å². The Kier molecular flexibility index (Phi) is 5.51. The van der Waals surface area contributed by atoms with E-state index in [9.17, 15) is 9.90 Å². The van der Waals surface area contributed by atoms with Crippen LogP contribution >= 0.6 is 0 Å². The van der Waals surface area contributed by atoms with Crippen molar-refractivity contribution in [3.63, 3.8) is 0 Å². The smallest absolute Gasteiger partial charge is 0.248 e. The first-order valence-corrected chi connectivity index (χ1v) is 9.83. The molecule has 0 unspecified atom stereocenters. The van der Waals surface area contributed by atoms with Gasteiger partial charge in [-0.3, -0.25) is 9.48 Å². The van der Waals surface area contributed by atoms with Gasteiger partial charge in [-0.2, -0.15) is 5.10 Å². The number of fused-ring (bicyclic) bond motifs is 1. The summed E-state index contributed by atoms with van der Waals surface area (Å²) in [7, 11) is 1.52. The summed E-state index contributed by atoms with van der Waals surface area (Å²) in [6.45, 7) is 1.56. The molecule has 2 aromatic carbocycles. The Morgan fingerprint density at radius 3 is 2.66 bits per heavy atom. The zero-order valence-corrected chi connectivity index (χ0v) is 16.5. The van der Waals surface area contributed by atoms with E-state index in [1.54, 1.807) is 4.90 Å². The largest absolute Gasteiger partial charge is 0.388 e. The van der Waals surface area contributed by atoms with Crippen LogP contribution < -0.4 is 5.32 Å². The molecule has 0 radical (unpaired) electrons. The molecule has 0 spiro atoms. The van der Waals surface area contributed by atoms with E-state index in [2.05, 4.69) is 16.5 Å². The molecule has 2 N–H and O–H groups in total. The molecule has 1 aliphatic rings. The number of anilines is 2. The van der Waals surface area contributed by atoms with E-state index in [1.165, 1.54) is 7.11 Å². The number of amides is 1. The van der Waals surface area contributed by atoms with E-state index < -0.39 is 5.60 Å². The van der Waals surface area contributed by atoms with Gasteiger partial charge in [0.1, 0.15) is 6.61 Å². The number of hydrogen-bond acceptors (Lipinski definition) is 5. The molecule has 0 atom stereocenters. The van der Waals surface area contributed by atoms with Gasteiger partial charge in [0.2, 0.25) is 5.91 Å². The lowest BCUT2D eigenvalue weighted by Gasteiger charge is -2.38. The number of likely N-dealkylation sites (tertiary alicyclic amines) is 1. The third-order valence-corrected chi connectivity index (χ3v) is 5.46. The molecular formula is C22H26N4O3. The number of ether oxygens (including phenoxy) is 1. The second-order valence-electron chi connectivity index (χ2n) is 7.60. The first-order valence-electron chi connectivity index (χ1n) is 9.83. The van der Waals surface area contributed by atoms with Gasteiger partial charge in [0.25, 0.3) is 0 Å². The lowest BCUT2D eigenvalue weighted by Crippen LogP contribution is -2.49. The molecule has 7 nitrogen and oxygen atoms in total. The second kappa shape index (κ2) is 8.23. The van der Waals surface area contributed by atoms with Gasteiger partial charge in [-0.1, -0.05) is 18.2 Å². The van der Waals surface area contributed by atoms with Crippen molar-refractivity contribution in [2.45, 2.75) is 25.0 Å². The number of carbonyl (C=O) groups is 1. The van der Waals surface area contributed by atoms with Gasteiger partial charge in [-0.05, 0) is 43.2 Å². The first kappa shape index (κ1) is 19.4. The number of hydrogen-bond donors (Lipinski definition) is 2. The third kappa shape index (κ3) is 4.41. The highest BCUT2D eigenvalue weighted by Gasteiger charge is 2.34. The minimum atomic E-state index is -0.871. The topological polar surface area (TPSA) is 79.6 Å². The van der Waals surface area contributed by atoms with Crippen LogP contribution in [-0.4, -0.2) is 58.1 Å². The molecule has 3 aromatic rings. The van der Waals surface area contributed by atoms with Crippen LogP contribution in [0.5, 0.6) is 0 Å². The van der Waals surface area contributed by atoms with Crippen molar-refractivity contribution in [2.24, 2.45) is 0 Å². The number of piperidine rings is 1. The van der Waals surface area contributed by atoms with Crippen molar-refractivity contribution in [1.82, 2.24) is 14.7 Å². The number of aromatic nitrogens is 2. The van der Waals surface area contributed by atoms with Crippen molar-refractivity contribution in [2.75, 3.05) is 32.1 Å². The maximum atomic E-state index is 12.0. The maximum Gasteiger partial charge on any atom is 0.248 e. The number of aliphatic hydroxyl groups is 1. The number of carbonyl (C=O) groups excluding carboxylic acids is 1. The quantitative estimate of drug-likeness (QED) is 0.672. The van der Waals surface area contributed by atoms with E-state index in [0.717, 1.165) is 22.3 Å². The SMILES string of the molecule is COCC(=O)N1CCC(O)(Cn2ncc3cc(Nc4ccccc4)ccc32)CC1. The van der Waals surface area contributed by atoms with Crippen LogP contribution in [0.4, 0.5) is 11.4 Å². The van der Waals surface area contributed by atoms with Crippen LogP contribution in [0, 0.1) is 0 Å². The van der Waals surface area contributed by atoms with E-state index in [-0.39, 0.29) is 12.5 Å². The Morgan fingerprint density at radius 1 is 1.17 bits per heavy atom. The molecule has 7 heteroatoms. The Morgan fingerprint density at radius 2 is 1.93 bits per heavy atom. The Bertz CT molecular complexity index is 978. The summed E-state index contributed by atoms with van der Waals surface area (Å²) in [5, 5.41) is 19.9. The van der Waals surface area contributed by atoms with E-state index >= 15 is 0 Å². The molecule has 1 aromatic heterocycles. The zero-order valence-electron chi connectivity index (χ0n) is 16.5. The van der Waals surface area contributed by atoms with Crippen LogP contribution in [-0.2, 0) is 16.1 Å². The fourth-order valence-corrected chi connectivity index (χ4v) is 3.80. The average molecular weight is 394 g/mol. The molecule has 29 heavy (non-hydrogen) atoms. The van der Waals surface area contributed by atoms with E-state index in [0.29, 0.717) is 32.5 Å². The molecular weight excluding hydrogens is 368 g/mol. The number of para-hydroxylation sites is 1. The second-order valence-corrected chi connectivity index (χ2v) is 7.60. The van der Waals surface area contributed by atoms with Gasteiger partial charge in [0, 0.05) is 37.0 Å². The fraction of sp³-hybridized carbons (Fsp3) is 0.364. The highest BCUT2D eigenvalue weighted by molar-refractivity contribution is 5.83. The molecule has 4 rings (SSSR count). The number of nitrogens with one attached hydrogen (secondary N) is 1.